The molecule has 2 aliphatic heterocycles. The zero-order valence-corrected chi connectivity index (χ0v) is 23.0. The molecule has 37 heavy (non-hydrogen) atoms. The lowest BCUT2D eigenvalue weighted by atomic mass is 9.34. The van der Waals surface area contributed by atoms with Crippen molar-refractivity contribution < 1.29 is 24.2 Å². The number of morpholine rings is 1. The van der Waals surface area contributed by atoms with Gasteiger partial charge < -0.3 is 14.7 Å². The number of fused-ring (bicyclic) bond motifs is 1. The fourth-order valence-corrected chi connectivity index (χ4v) is 10.5. The van der Waals surface area contributed by atoms with Gasteiger partial charge in [-0.25, -0.2) is 0 Å². The average molecular weight is 513 g/mol. The Bertz CT molecular complexity index is 1030. The van der Waals surface area contributed by atoms with Crippen LogP contribution in [-0.4, -0.2) is 72.1 Å². The number of nitrogens with zero attached hydrogens (tertiary/aromatic N) is 2. The van der Waals surface area contributed by atoms with E-state index in [9.17, 15) is 19.5 Å². The number of carbonyl (C=O) groups excluding carboxylic acids is 3. The number of ether oxygens (including phenoxy) is 1. The molecule has 7 heteroatoms. The number of hydrogen-bond acceptors (Lipinski definition) is 5. The Labute approximate surface area is 221 Å². The molecule has 0 aromatic rings. The number of aliphatic hydroxyl groups is 1. The SMILES string of the molecule is CC(C)C1=C[C@@]23CC[C@@H]4[C@](C)(CCC[C@@]4(C)C(=O)N4CCOCC4)[C@H]2C[C@@H]1[C@H]1C(=O)N(CCO)C(=O)[C@H]13. The van der Waals surface area contributed by atoms with Crippen LogP contribution in [0, 0.1) is 51.8 Å². The topological polar surface area (TPSA) is 87.2 Å². The number of allylic oxidation sites excluding steroid dienone is 2. The number of aliphatic hydroxyl groups excluding tert-OH is 1. The van der Waals surface area contributed by atoms with E-state index in [-0.39, 0.29) is 65.4 Å². The van der Waals surface area contributed by atoms with Crippen LogP contribution in [0.2, 0.25) is 0 Å². The molecule has 7 nitrogen and oxygen atoms in total. The third-order valence-corrected chi connectivity index (χ3v) is 11.9. The van der Waals surface area contributed by atoms with E-state index >= 15 is 0 Å². The van der Waals surface area contributed by atoms with Crippen molar-refractivity contribution in [1.29, 1.82) is 0 Å². The molecule has 2 bridgehead atoms. The van der Waals surface area contributed by atoms with E-state index in [1.807, 2.05) is 4.90 Å². The molecule has 7 rings (SSSR count). The van der Waals surface area contributed by atoms with E-state index in [1.165, 1.54) is 10.5 Å². The van der Waals surface area contributed by atoms with Crippen LogP contribution in [0.1, 0.15) is 66.2 Å². The van der Waals surface area contributed by atoms with E-state index in [2.05, 4.69) is 33.8 Å². The molecular formula is C30H44N2O5. The molecule has 8 atom stereocenters. The van der Waals surface area contributed by atoms with E-state index < -0.39 is 5.41 Å². The molecular weight excluding hydrogens is 468 g/mol. The van der Waals surface area contributed by atoms with Crippen molar-refractivity contribution in [3.05, 3.63) is 11.6 Å². The largest absolute Gasteiger partial charge is 0.395 e. The van der Waals surface area contributed by atoms with Crippen LogP contribution in [0.15, 0.2) is 11.6 Å². The first-order chi connectivity index (χ1) is 17.6. The van der Waals surface area contributed by atoms with Gasteiger partial charge in [0, 0.05) is 23.9 Å². The highest BCUT2D eigenvalue weighted by molar-refractivity contribution is 6.06. The van der Waals surface area contributed by atoms with Gasteiger partial charge in [-0.15, -0.1) is 0 Å². The molecule has 1 N–H and O–H groups in total. The molecule has 204 valence electrons. The van der Waals surface area contributed by atoms with Crippen molar-refractivity contribution >= 4 is 17.7 Å². The first-order valence-corrected chi connectivity index (χ1v) is 14.7. The second-order valence-corrected chi connectivity index (χ2v) is 13.6. The Kier molecular flexibility index (Phi) is 5.96. The second-order valence-electron chi connectivity index (χ2n) is 13.6. The van der Waals surface area contributed by atoms with Crippen molar-refractivity contribution in [3.63, 3.8) is 0 Å². The number of likely N-dealkylation sites (tertiary alicyclic amines) is 1. The summed E-state index contributed by atoms with van der Waals surface area (Å²) >= 11 is 0. The predicted molar refractivity (Wildman–Crippen MR) is 138 cm³/mol. The minimum Gasteiger partial charge on any atom is -0.395 e. The molecule has 0 aromatic heterocycles. The summed E-state index contributed by atoms with van der Waals surface area (Å²) in [6, 6.07) is 0. The molecule has 0 aromatic carbocycles. The summed E-state index contributed by atoms with van der Waals surface area (Å²) in [6.45, 7) is 11.6. The van der Waals surface area contributed by atoms with Gasteiger partial charge in [-0.1, -0.05) is 45.8 Å². The lowest BCUT2D eigenvalue weighted by Gasteiger charge is -2.68. The summed E-state index contributed by atoms with van der Waals surface area (Å²) in [5.74, 6) is 0.524. The number of amides is 3. The van der Waals surface area contributed by atoms with Gasteiger partial charge in [0.15, 0.2) is 0 Å². The molecule has 0 unspecified atom stereocenters. The van der Waals surface area contributed by atoms with E-state index in [0.29, 0.717) is 38.1 Å². The van der Waals surface area contributed by atoms with Crippen molar-refractivity contribution in [2.75, 3.05) is 39.5 Å². The molecule has 7 aliphatic rings. The molecule has 1 spiro atoms. The van der Waals surface area contributed by atoms with E-state index in [1.54, 1.807) is 0 Å². The van der Waals surface area contributed by atoms with Crippen LogP contribution < -0.4 is 0 Å². The highest BCUT2D eigenvalue weighted by atomic mass is 16.5. The molecule has 5 fully saturated rings. The zero-order valence-electron chi connectivity index (χ0n) is 23.0. The van der Waals surface area contributed by atoms with Gasteiger partial charge in [-0.2, -0.15) is 0 Å². The maximum atomic E-state index is 14.1. The summed E-state index contributed by atoms with van der Waals surface area (Å²) < 4.78 is 5.53. The van der Waals surface area contributed by atoms with Crippen LogP contribution in [0.3, 0.4) is 0 Å². The number of carbonyl (C=O) groups is 3. The fourth-order valence-electron chi connectivity index (χ4n) is 10.5. The van der Waals surface area contributed by atoms with Crippen LogP contribution in [-0.2, 0) is 19.1 Å². The van der Waals surface area contributed by atoms with Crippen LogP contribution in [0.25, 0.3) is 0 Å². The maximum absolute atomic E-state index is 14.1. The smallest absolute Gasteiger partial charge is 0.234 e. The van der Waals surface area contributed by atoms with Gasteiger partial charge in [0.05, 0.1) is 38.2 Å². The predicted octanol–water partition coefficient (Wildman–Crippen LogP) is 3.26. The quantitative estimate of drug-likeness (QED) is 0.462. The van der Waals surface area contributed by atoms with E-state index in [4.69, 9.17) is 4.74 Å². The average Bonchev–Trinajstić information content (AvgIpc) is 3.15. The van der Waals surface area contributed by atoms with Crippen molar-refractivity contribution in [3.8, 4) is 0 Å². The normalized spacial score (nSPS) is 45.0. The molecule has 2 saturated heterocycles. The second kappa shape index (κ2) is 8.64. The van der Waals surface area contributed by atoms with Gasteiger partial charge >= 0.3 is 0 Å². The molecule has 3 saturated carbocycles. The third-order valence-electron chi connectivity index (χ3n) is 11.9. The Morgan fingerprint density at radius 3 is 2.51 bits per heavy atom. The highest BCUT2D eigenvalue weighted by Crippen LogP contribution is 2.74. The first-order valence-electron chi connectivity index (χ1n) is 14.7. The first kappa shape index (κ1) is 25.5. The Morgan fingerprint density at radius 1 is 1.11 bits per heavy atom. The highest BCUT2D eigenvalue weighted by Gasteiger charge is 2.73. The molecule has 3 amide bonds. The maximum Gasteiger partial charge on any atom is 0.234 e. The standard InChI is InChI=1S/C30H44N2O5/c1-18(2)20-17-30-9-6-21-28(3,7-5-8-29(21,4)27(36)31-11-14-37-15-12-31)22(30)16-19(20)23-24(30)26(35)32(10-13-33)25(23)34/h17-19,21-24,33H,5-16H2,1-4H3/t19-,21+,22+,23+,24-,28-,29+,30-/m0/s1. The number of imide groups is 1. The van der Waals surface area contributed by atoms with Gasteiger partial charge in [0.25, 0.3) is 0 Å². The molecule has 5 aliphatic carbocycles. The summed E-state index contributed by atoms with van der Waals surface area (Å²) in [6.07, 6.45) is 8.20. The van der Waals surface area contributed by atoms with Crippen LogP contribution in [0.5, 0.6) is 0 Å². The van der Waals surface area contributed by atoms with Crippen molar-refractivity contribution in [2.45, 2.75) is 66.2 Å². The van der Waals surface area contributed by atoms with Crippen molar-refractivity contribution in [2.24, 2.45) is 51.8 Å². The Balaban J connectivity index is 1.41. The number of rotatable bonds is 4. The number of β-amino-alcohol motifs (C(OH)–C–C–N with tert-alkyl or cyclic N) is 1. The van der Waals surface area contributed by atoms with Gasteiger partial charge in [-0.3, -0.25) is 19.3 Å². The minimum atomic E-state index is -0.398. The van der Waals surface area contributed by atoms with Gasteiger partial charge in [0.1, 0.15) is 0 Å². The third kappa shape index (κ3) is 3.28. The molecule has 2 heterocycles. The van der Waals surface area contributed by atoms with Crippen LogP contribution >= 0.6 is 0 Å². The minimum absolute atomic E-state index is 0.0524. The fraction of sp³-hybridized carbons (Fsp3) is 0.833. The lowest BCUT2D eigenvalue weighted by Crippen LogP contribution is -2.66. The summed E-state index contributed by atoms with van der Waals surface area (Å²) in [7, 11) is 0. The lowest BCUT2D eigenvalue weighted by molar-refractivity contribution is -0.192. The van der Waals surface area contributed by atoms with Crippen molar-refractivity contribution in [1.82, 2.24) is 9.80 Å². The Morgan fingerprint density at radius 2 is 1.84 bits per heavy atom. The Hall–Kier alpha value is -1.73. The zero-order chi connectivity index (χ0) is 26.3. The van der Waals surface area contributed by atoms with Crippen LogP contribution in [0.4, 0.5) is 0 Å². The van der Waals surface area contributed by atoms with E-state index in [0.717, 1.165) is 38.5 Å². The van der Waals surface area contributed by atoms with Gasteiger partial charge in [-0.05, 0) is 61.2 Å². The summed E-state index contributed by atoms with van der Waals surface area (Å²) in [5, 5.41) is 9.62. The molecule has 0 radical (unpaired) electrons. The monoisotopic (exact) mass is 512 g/mol. The van der Waals surface area contributed by atoms with Gasteiger partial charge in [0.2, 0.25) is 17.7 Å². The summed E-state index contributed by atoms with van der Waals surface area (Å²) in [5.41, 5.74) is 0.574. The summed E-state index contributed by atoms with van der Waals surface area (Å²) in [4.78, 5) is 44.9. The number of hydrogen-bond donors (Lipinski definition) is 1.